The van der Waals surface area contributed by atoms with E-state index in [2.05, 4.69) is 6.07 Å². The molecule has 0 bridgehead atoms. The number of anilines is 1. The fraction of sp³-hybridized carbons (Fsp3) is 0.385. The van der Waals surface area contributed by atoms with Crippen molar-refractivity contribution in [2.75, 3.05) is 25.1 Å². The summed E-state index contributed by atoms with van der Waals surface area (Å²) in [5.41, 5.74) is 1.53. The molecule has 4 heteroatoms. The molecule has 0 amide bonds. The van der Waals surface area contributed by atoms with E-state index in [1.165, 1.54) is 0 Å². The zero-order valence-corrected chi connectivity index (χ0v) is 10.1. The smallest absolute Gasteiger partial charge is 0.338 e. The van der Waals surface area contributed by atoms with Crippen LogP contribution in [0.3, 0.4) is 0 Å². The van der Waals surface area contributed by atoms with Crippen molar-refractivity contribution >= 4 is 11.7 Å². The van der Waals surface area contributed by atoms with E-state index in [1.54, 1.807) is 19.1 Å². The molecule has 17 heavy (non-hydrogen) atoms. The van der Waals surface area contributed by atoms with Gasteiger partial charge in [0.15, 0.2) is 0 Å². The summed E-state index contributed by atoms with van der Waals surface area (Å²) in [5.74, 6) is -0.307. The van der Waals surface area contributed by atoms with Gasteiger partial charge in [-0.3, -0.25) is 0 Å². The van der Waals surface area contributed by atoms with Crippen LogP contribution >= 0.6 is 0 Å². The molecule has 4 nitrogen and oxygen atoms in total. The van der Waals surface area contributed by atoms with Crippen molar-refractivity contribution in [1.29, 1.82) is 5.26 Å². The number of benzene rings is 1. The van der Waals surface area contributed by atoms with Gasteiger partial charge in [0.2, 0.25) is 0 Å². The van der Waals surface area contributed by atoms with E-state index in [0.717, 1.165) is 5.69 Å². The Hall–Kier alpha value is -2.02. The number of nitrogens with zero attached hydrogens (tertiary/aromatic N) is 2. The molecule has 0 aliphatic rings. The first-order valence-electron chi connectivity index (χ1n) is 5.54. The second kappa shape index (κ2) is 6.54. The SMILES string of the molecule is CCOC(=O)c1ccc(N(C)CCC#N)cc1. The molecule has 0 heterocycles. The van der Waals surface area contributed by atoms with Gasteiger partial charge in [0.25, 0.3) is 0 Å². The van der Waals surface area contributed by atoms with Crippen LogP contribution in [-0.2, 0) is 4.74 Å². The first kappa shape index (κ1) is 13.0. The molecule has 0 aromatic heterocycles. The van der Waals surface area contributed by atoms with Crippen molar-refractivity contribution in [3.8, 4) is 6.07 Å². The number of ether oxygens (including phenoxy) is 1. The van der Waals surface area contributed by atoms with E-state index in [4.69, 9.17) is 10.00 Å². The minimum absolute atomic E-state index is 0.307. The molecule has 0 saturated carbocycles. The van der Waals surface area contributed by atoms with Crippen LogP contribution in [0.5, 0.6) is 0 Å². The molecular weight excluding hydrogens is 216 g/mol. The van der Waals surface area contributed by atoms with Gasteiger partial charge in [-0.15, -0.1) is 0 Å². The molecule has 0 unspecified atom stereocenters. The molecule has 0 aliphatic heterocycles. The maximum atomic E-state index is 11.4. The fourth-order valence-electron chi connectivity index (χ4n) is 1.41. The number of carbonyl (C=O) groups is 1. The van der Waals surface area contributed by atoms with Crippen LogP contribution < -0.4 is 4.90 Å². The van der Waals surface area contributed by atoms with Gasteiger partial charge >= 0.3 is 5.97 Å². The quantitative estimate of drug-likeness (QED) is 0.730. The molecule has 1 aromatic rings. The van der Waals surface area contributed by atoms with Crippen LogP contribution in [0.25, 0.3) is 0 Å². The average Bonchev–Trinajstić information content (AvgIpc) is 2.36. The summed E-state index contributed by atoms with van der Waals surface area (Å²) in [4.78, 5) is 13.4. The van der Waals surface area contributed by atoms with Crippen molar-refractivity contribution in [3.05, 3.63) is 29.8 Å². The lowest BCUT2D eigenvalue weighted by Crippen LogP contribution is -2.18. The first-order chi connectivity index (χ1) is 8.19. The predicted molar refractivity (Wildman–Crippen MR) is 65.9 cm³/mol. The highest BCUT2D eigenvalue weighted by atomic mass is 16.5. The van der Waals surface area contributed by atoms with Gasteiger partial charge in [0.1, 0.15) is 0 Å². The maximum Gasteiger partial charge on any atom is 0.338 e. The first-order valence-corrected chi connectivity index (χ1v) is 5.54. The highest BCUT2D eigenvalue weighted by Crippen LogP contribution is 2.14. The monoisotopic (exact) mass is 232 g/mol. The molecule has 0 spiro atoms. The Morgan fingerprint density at radius 1 is 1.41 bits per heavy atom. The van der Waals surface area contributed by atoms with Crippen molar-refractivity contribution in [3.63, 3.8) is 0 Å². The maximum absolute atomic E-state index is 11.4. The fourth-order valence-corrected chi connectivity index (χ4v) is 1.41. The van der Waals surface area contributed by atoms with Crippen LogP contribution in [0.1, 0.15) is 23.7 Å². The second-order valence-corrected chi connectivity index (χ2v) is 3.60. The number of esters is 1. The van der Waals surface area contributed by atoms with Crippen LogP contribution in [0.15, 0.2) is 24.3 Å². The average molecular weight is 232 g/mol. The summed E-state index contributed by atoms with van der Waals surface area (Å²) in [7, 11) is 1.91. The van der Waals surface area contributed by atoms with E-state index in [9.17, 15) is 4.79 Å². The van der Waals surface area contributed by atoms with E-state index >= 15 is 0 Å². The Morgan fingerprint density at radius 3 is 2.59 bits per heavy atom. The lowest BCUT2D eigenvalue weighted by molar-refractivity contribution is 0.0526. The number of rotatable bonds is 5. The molecule has 1 rings (SSSR count). The summed E-state index contributed by atoms with van der Waals surface area (Å²) in [6, 6.07) is 9.27. The van der Waals surface area contributed by atoms with Gasteiger partial charge in [0, 0.05) is 19.3 Å². The van der Waals surface area contributed by atoms with Crippen LogP contribution in [0.2, 0.25) is 0 Å². The van der Waals surface area contributed by atoms with Crippen molar-refractivity contribution in [1.82, 2.24) is 0 Å². The lowest BCUT2D eigenvalue weighted by Gasteiger charge is -2.17. The highest BCUT2D eigenvalue weighted by Gasteiger charge is 2.06. The normalized spacial score (nSPS) is 9.47. The third-order valence-electron chi connectivity index (χ3n) is 2.38. The van der Waals surface area contributed by atoms with Crippen molar-refractivity contribution in [2.45, 2.75) is 13.3 Å². The van der Waals surface area contributed by atoms with E-state index < -0.39 is 0 Å². The molecule has 1 aromatic carbocycles. The van der Waals surface area contributed by atoms with E-state index in [0.29, 0.717) is 25.1 Å². The Kier molecular flexibility index (Phi) is 5.02. The molecule has 0 fully saturated rings. The van der Waals surface area contributed by atoms with Crippen LogP contribution in [0, 0.1) is 11.3 Å². The van der Waals surface area contributed by atoms with Gasteiger partial charge in [0.05, 0.1) is 24.7 Å². The molecule has 90 valence electrons. The minimum Gasteiger partial charge on any atom is -0.462 e. The molecular formula is C13H16N2O2. The highest BCUT2D eigenvalue weighted by molar-refractivity contribution is 5.89. The summed E-state index contributed by atoms with van der Waals surface area (Å²) >= 11 is 0. The summed E-state index contributed by atoms with van der Waals surface area (Å²) in [5, 5.41) is 8.50. The second-order valence-electron chi connectivity index (χ2n) is 3.60. The lowest BCUT2D eigenvalue weighted by atomic mass is 10.2. The molecule has 0 saturated heterocycles. The van der Waals surface area contributed by atoms with Gasteiger partial charge < -0.3 is 9.64 Å². The van der Waals surface area contributed by atoms with Crippen molar-refractivity contribution in [2.24, 2.45) is 0 Å². The van der Waals surface area contributed by atoms with Gasteiger partial charge in [-0.2, -0.15) is 5.26 Å². The third kappa shape index (κ3) is 3.80. The number of carbonyl (C=O) groups excluding carboxylic acids is 1. The predicted octanol–water partition coefficient (Wildman–Crippen LogP) is 2.21. The molecule has 0 aliphatic carbocycles. The number of nitriles is 1. The van der Waals surface area contributed by atoms with Gasteiger partial charge in [-0.1, -0.05) is 0 Å². The molecule has 0 N–H and O–H groups in total. The van der Waals surface area contributed by atoms with E-state index in [1.807, 2.05) is 24.1 Å². The summed E-state index contributed by atoms with van der Waals surface area (Å²) < 4.78 is 4.90. The van der Waals surface area contributed by atoms with Crippen molar-refractivity contribution < 1.29 is 9.53 Å². The van der Waals surface area contributed by atoms with Crippen LogP contribution in [0.4, 0.5) is 5.69 Å². The number of hydrogen-bond donors (Lipinski definition) is 0. The Balaban J connectivity index is 2.67. The Labute approximate surface area is 101 Å². The number of hydrogen-bond acceptors (Lipinski definition) is 4. The zero-order valence-electron chi connectivity index (χ0n) is 10.1. The molecule has 0 atom stereocenters. The van der Waals surface area contributed by atoms with Gasteiger partial charge in [-0.05, 0) is 31.2 Å². The third-order valence-corrected chi connectivity index (χ3v) is 2.38. The van der Waals surface area contributed by atoms with E-state index in [-0.39, 0.29) is 5.97 Å². The summed E-state index contributed by atoms with van der Waals surface area (Å²) in [6.45, 7) is 2.83. The largest absolute Gasteiger partial charge is 0.462 e. The Bertz CT molecular complexity index is 406. The van der Waals surface area contributed by atoms with Crippen LogP contribution in [-0.4, -0.2) is 26.2 Å². The van der Waals surface area contributed by atoms with Gasteiger partial charge in [-0.25, -0.2) is 4.79 Å². The zero-order chi connectivity index (χ0) is 12.7. The molecule has 0 radical (unpaired) electrons. The summed E-state index contributed by atoms with van der Waals surface area (Å²) in [6.07, 6.45) is 0.482. The standard InChI is InChI=1S/C13H16N2O2/c1-3-17-13(16)11-5-7-12(8-6-11)15(2)10-4-9-14/h5-8H,3-4,10H2,1-2H3. The minimum atomic E-state index is -0.307. The Morgan fingerprint density at radius 2 is 2.06 bits per heavy atom. The topological polar surface area (TPSA) is 53.3 Å².